The molecule has 2 aromatic rings. The van der Waals surface area contributed by atoms with Crippen molar-refractivity contribution in [3.8, 4) is 0 Å². The predicted octanol–water partition coefficient (Wildman–Crippen LogP) is 6.35. The van der Waals surface area contributed by atoms with Gasteiger partial charge in [0.2, 0.25) is 0 Å². The highest BCUT2D eigenvalue weighted by molar-refractivity contribution is 5.45. The van der Waals surface area contributed by atoms with Crippen molar-refractivity contribution in [1.29, 1.82) is 0 Å². The van der Waals surface area contributed by atoms with Crippen molar-refractivity contribution in [2.75, 3.05) is 0 Å². The highest BCUT2D eigenvalue weighted by Gasteiger charge is 2.36. The molecule has 27 heavy (non-hydrogen) atoms. The molecule has 9 heteroatoms. The van der Waals surface area contributed by atoms with Gasteiger partial charge in [-0.3, -0.25) is 10.1 Å². The van der Waals surface area contributed by atoms with E-state index in [4.69, 9.17) is 0 Å². The summed E-state index contributed by atoms with van der Waals surface area (Å²) in [7, 11) is 0. The Morgan fingerprint density at radius 3 is 1.85 bits per heavy atom. The first kappa shape index (κ1) is 20.7. The Labute approximate surface area is 150 Å². The highest BCUT2D eigenvalue weighted by atomic mass is 19.4. The number of hydrogen-bond donors (Lipinski definition) is 0. The molecule has 2 rings (SSSR count). The van der Waals surface area contributed by atoms with Gasteiger partial charge in [-0.1, -0.05) is 19.9 Å². The van der Waals surface area contributed by atoms with Crippen LogP contribution in [0.1, 0.15) is 47.6 Å². The normalized spacial score (nSPS) is 12.5. The third kappa shape index (κ3) is 4.99. The average molecular weight is 391 g/mol. The van der Waals surface area contributed by atoms with Gasteiger partial charge in [0.15, 0.2) is 0 Å². The minimum absolute atomic E-state index is 0.0559. The van der Waals surface area contributed by atoms with Gasteiger partial charge in [-0.05, 0) is 47.2 Å². The number of nitrogens with zero attached hydrogens (tertiary/aromatic N) is 1. The summed E-state index contributed by atoms with van der Waals surface area (Å²) in [5.41, 5.74) is -2.40. The van der Waals surface area contributed by atoms with Gasteiger partial charge in [0.25, 0.3) is 5.69 Å². The summed E-state index contributed by atoms with van der Waals surface area (Å²) in [5, 5.41) is 11.0. The van der Waals surface area contributed by atoms with Crippen LogP contribution in [0.15, 0.2) is 36.4 Å². The van der Waals surface area contributed by atoms with Crippen LogP contribution in [0.25, 0.3) is 0 Å². The van der Waals surface area contributed by atoms with E-state index in [1.54, 1.807) is 13.8 Å². The van der Waals surface area contributed by atoms with Crippen LogP contribution in [0.2, 0.25) is 0 Å². The first-order chi connectivity index (χ1) is 12.3. The molecule has 0 radical (unpaired) electrons. The fraction of sp³-hybridized carbons (Fsp3) is 0.333. The Morgan fingerprint density at radius 1 is 0.926 bits per heavy atom. The van der Waals surface area contributed by atoms with Crippen molar-refractivity contribution in [3.05, 3.63) is 74.3 Å². The molecule has 0 spiro atoms. The Kier molecular flexibility index (Phi) is 5.53. The molecule has 0 aromatic heterocycles. The van der Waals surface area contributed by atoms with Gasteiger partial charge in [-0.25, -0.2) is 0 Å². The van der Waals surface area contributed by atoms with Crippen LogP contribution in [0.4, 0.5) is 32.0 Å². The van der Waals surface area contributed by atoms with Gasteiger partial charge in [-0.2, -0.15) is 26.3 Å². The smallest absolute Gasteiger partial charge is 0.258 e. The fourth-order valence-electron chi connectivity index (χ4n) is 2.76. The molecule has 0 bridgehead atoms. The van der Waals surface area contributed by atoms with E-state index in [1.165, 1.54) is 18.2 Å². The first-order valence-electron chi connectivity index (χ1n) is 7.84. The summed E-state index contributed by atoms with van der Waals surface area (Å²) in [6.45, 7) is 3.55. The second kappa shape index (κ2) is 7.21. The van der Waals surface area contributed by atoms with Crippen LogP contribution in [-0.2, 0) is 18.8 Å². The molecule has 3 nitrogen and oxygen atoms in total. The molecule has 0 amide bonds. The summed E-state index contributed by atoms with van der Waals surface area (Å²) in [5.74, 6) is -0.117. The second-order valence-electron chi connectivity index (χ2n) is 6.39. The van der Waals surface area contributed by atoms with Crippen molar-refractivity contribution < 1.29 is 31.3 Å². The Hall–Kier alpha value is -2.58. The average Bonchev–Trinajstić information content (AvgIpc) is 2.52. The zero-order valence-corrected chi connectivity index (χ0v) is 14.3. The van der Waals surface area contributed by atoms with E-state index >= 15 is 0 Å². The number of benzene rings is 2. The predicted molar refractivity (Wildman–Crippen MR) is 86.4 cm³/mol. The number of rotatable bonds is 4. The monoisotopic (exact) mass is 391 g/mol. The van der Waals surface area contributed by atoms with Crippen LogP contribution in [0, 0.1) is 10.1 Å². The minimum atomic E-state index is -4.94. The third-order valence-electron chi connectivity index (χ3n) is 4.00. The van der Waals surface area contributed by atoms with Gasteiger partial charge in [0.1, 0.15) is 0 Å². The second-order valence-corrected chi connectivity index (χ2v) is 6.39. The molecule has 0 fully saturated rings. The molecule has 0 aliphatic heterocycles. The lowest BCUT2D eigenvalue weighted by Gasteiger charge is -2.16. The molecule has 0 aliphatic rings. The van der Waals surface area contributed by atoms with Gasteiger partial charge >= 0.3 is 12.4 Å². The van der Waals surface area contributed by atoms with Gasteiger partial charge in [0, 0.05) is 12.1 Å². The molecule has 0 saturated carbocycles. The van der Waals surface area contributed by atoms with Crippen LogP contribution in [0.3, 0.4) is 0 Å². The number of nitro groups is 1. The first-order valence-corrected chi connectivity index (χ1v) is 7.84. The standard InChI is InChI=1S/C18H15F6NO2/c1-10(2)16-4-3-15(25(26)27)8-12(16)5-11-6-13(17(19,20)21)9-14(7-11)18(22,23)24/h3-4,6-10H,5H2,1-2H3. The maximum Gasteiger partial charge on any atom is 0.416 e. The summed E-state index contributed by atoms with van der Waals surface area (Å²) >= 11 is 0. The number of non-ortho nitro benzene ring substituents is 1. The van der Waals surface area contributed by atoms with Crippen LogP contribution in [-0.4, -0.2) is 4.92 Å². The van der Waals surface area contributed by atoms with E-state index in [2.05, 4.69) is 0 Å². The molecule has 0 heterocycles. The summed E-state index contributed by atoms with van der Waals surface area (Å²) in [6, 6.07) is 5.24. The number of halogens is 6. The highest BCUT2D eigenvalue weighted by Crippen LogP contribution is 2.37. The van der Waals surface area contributed by atoms with Gasteiger partial charge < -0.3 is 0 Å². The van der Waals surface area contributed by atoms with E-state index < -0.39 is 28.4 Å². The summed E-state index contributed by atoms with van der Waals surface area (Å²) in [4.78, 5) is 10.3. The van der Waals surface area contributed by atoms with Crippen LogP contribution in [0.5, 0.6) is 0 Å². The fourth-order valence-corrected chi connectivity index (χ4v) is 2.76. The Balaban J connectivity index is 2.59. The van der Waals surface area contributed by atoms with Crippen molar-refractivity contribution in [3.63, 3.8) is 0 Å². The number of alkyl halides is 6. The van der Waals surface area contributed by atoms with Gasteiger partial charge in [0.05, 0.1) is 16.1 Å². The quantitative estimate of drug-likeness (QED) is 0.346. The molecule has 0 atom stereocenters. The topological polar surface area (TPSA) is 43.1 Å². The van der Waals surface area contributed by atoms with E-state index in [0.29, 0.717) is 23.3 Å². The van der Waals surface area contributed by atoms with E-state index in [-0.39, 0.29) is 29.7 Å². The molecule has 0 N–H and O–H groups in total. The molecule has 0 saturated heterocycles. The van der Waals surface area contributed by atoms with Crippen molar-refractivity contribution in [2.45, 2.75) is 38.5 Å². The molecule has 2 aromatic carbocycles. The zero-order chi connectivity index (χ0) is 20.6. The van der Waals surface area contributed by atoms with Crippen LogP contribution >= 0.6 is 0 Å². The maximum absolute atomic E-state index is 13.0. The molecular formula is C18H15F6NO2. The Bertz CT molecular complexity index is 824. The number of hydrogen-bond acceptors (Lipinski definition) is 2. The molecular weight excluding hydrogens is 376 g/mol. The lowest BCUT2D eigenvalue weighted by Crippen LogP contribution is -2.12. The van der Waals surface area contributed by atoms with Crippen molar-refractivity contribution in [1.82, 2.24) is 0 Å². The molecule has 0 unspecified atom stereocenters. The van der Waals surface area contributed by atoms with Crippen molar-refractivity contribution >= 4 is 5.69 Å². The van der Waals surface area contributed by atoms with Crippen molar-refractivity contribution in [2.24, 2.45) is 0 Å². The van der Waals surface area contributed by atoms with E-state index in [1.807, 2.05) is 0 Å². The van der Waals surface area contributed by atoms with Crippen LogP contribution < -0.4 is 0 Å². The van der Waals surface area contributed by atoms with E-state index in [0.717, 1.165) is 0 Å². The lowest BCUT2D eigenvalue weighted by molar-refractivity contribution is -0.384. The molecule has 0 aliphatic carbocycles. The van der Waals surface area contributed by atoms with Gasteiger partial charge in [-0.15, -0.1) is 0 Å². The third-order valence-corrected chi connectivity index (χ3v) is 4.00. The maximum atomic E-state index is 13.0. The SMILES string of the molecule is CC(C)c1ccc([N+](=O)[O-])cc1Cc1cc(C(F)(F)F)cc(C(F)(F)F)c1. The number of nitro benzene ring substituents is 1. The largest absolute Gasteiger partial charge is 0.416 e. The lowest BCUT2D eigenvalue weighted by atomic mass is 9.91. The zero-order valence-electron chi connectivity index (χ0n) is 14.3. The summed E-state index contributed by atoms with van der Waals surface area (Å²) in [6.07, 6.45) is -10.2. The summed E-state index contributed by atoms with van der Waals surface area (Å²) < 4.78 is 78.0. The molecule has 146 valence electrons. The minimum Gasteiger partial charge on any atom is -0.258 e. The van der Waals surface area contributed by atoms with E-state index in [9.17, 15) is 36.5 Å². The Morgan fingerprint density at radius 2 is 1.44 bits per heavy atom.